The third kappa shape index (κ3) is 4.00. The van der Waals surface area contributed by atoms with Gasteiger partial charge in [0, 0.05) is 5.69 Å². The molecule has 0 bridgehead atoms. The molecule has 0 saturated heterocycles. The van der Waals surface area contributed by atoms with Crippen LogP contribution in [0, 0.1) is 6.92 Å². The first-order valence-corrected chi connectivity index (χ1v) is 7.56. The van der Waals surface area contributed by atoms with Gasteiger partial charge in [-0.3, -0.25) is 4.79 Å². The van der Waals surface area contributed by atoms with Gasteiger partial charge < -0.3 is 14.4 Å². The summed E-state index contributed by atoms with van der Waals surface area (Å²) in [5.41, 5.74) is 1.18. The smallest absolute Gasteiger partial charge is 0.341 e. The van der Waals surface area contributed by atoms with Gasteiger partial charge in [-0.25, -0.2) is 4.79 Å². The number of benzene rings is 1. The molecule has 0 unspecified atom stereocenters. The maximum atomic E-state index is 12.4. The van der Waals surface area contributed by atoms with Crippen LogP contribution >= 0.6 is 0 Å². The minimum atomic E-state index is -1.21. The second-order valence-corrected chi connectivity index (χ2v) is 5.75. The van der Waals surface area contributed by atoms with Gasteiger partial charge in [-0.15, -0.1) is 0 Å². The molecule has 0 saturated carbocycles. The average Bonchev–Trinajstić information content (AvgIpc) is 2.48. The van der Waals surface area contributed by atoms with Gasteiger partial charge in [-0.05, 0) is 42.7 Å². The quantitative estimate of drug-likeness (QED) is 0.889. The predicted octanol–water partition coefficient (Wildman–Crippen LogP) is 3.06. The lowest BCUT2D eigenvalue weighted by Crippen LogP contribution is -2.31. The van der Waals surface area contributed by atoms with Crippen LogP contribution in [0.2, 0.25) is 0 Å². The number of aromatic carboxylic acids is 1. The molecule has 0 aliphatic carbocycles. The van der Waals surface area contributed by atoms with Gasteiger partial charge in [0.15, 0.2) is 0 Å². The second kappa shape index (κ2) is 7.13. The molecule has 2 rings (SSSR count). The molecule has 0 fully saturated rings. The van der Waals surface area contributed by atoms with Crippen LogP contribution in [0.4, 0.5) is 0 Å². The van der Waals surface area contributed by atoms with Gasteiger partial charge in [0.2, 0.25) is 0 Å². The molecule has 0 aliphatic rings. The minimum absolute atomic E-state index is 0.115. The van der Waals surface area contributed by atoms with Crippen LogP contribution in [-0.2, 0) is 6.54 Å². The van der Waals surface area contributed by atoms with Crippen molar-refractivity contribution < 1.29 is 14.6 Å². The van der Waals surface area contributed by atoms with E-state index in [0.717, 1.165) is 17.0 Å². The van der Waals surface area contributed by atoms with E-state index in [1.165, 1.54) is 10.6 Å². The number of nitrogens with zero attached hydrogens (tertiary/aromatic N) is 1. The summed E-state index contributed by atoms with van der Waals surface area (Å²) < 4.78 is 7.16. The molecule has 1 N–H and O–H groups in total. The van der Waals surface area contributed by atoms with E-state index in [2.05, 4.69) is 0 Å². The number of hydrogen-bond donors (Lipinski definition) is 1. The number of rotatable bonds is 6. The lowest BCUT2D eigenvalue weighted by atomic mass is 10.1. The Kier molecular flexibility index (Phi) is 5.21. The van der Waals surface area contributed by atoms with Crippen LogP contribution in [0.5, 0.6) is 5.75 Å². The van der Waals surface area contributed by atoms with E-state index in [1.807, 2.05) is 45.0 Å². The summed E-state index contributed by atoms with van der Waals surface area (Å²) in [4.78, 5) is 23.5. The van der Waals surface area contributed by atoms with Crippen molar-refractivity contribution in [2.24, 2.45) is 0 Å². The zero-order chi connectivity index (χ0) is 17.0. The Morgan fingerprint density at radius 1 is 1.26 bits per heavy atom. The standard InChI is InChI=1S/C18H21NO4/c1-12(2)16-8-7-15(18(21)22)17(20)19(16)9-10-23-14-6-4-5-13(3)11-14/h4-8,11-12H,9-10H2,1-3H3,(H,21,22). The summed E-state index contributed by atoms with van der Waals surface area (Å²) in [5, 5.41) is 9.11. The number of aryl methyl sites for hydroxylation is 1. The maximum Gasteiger partial charge on any atom is 0.341 e. The Morgan fingerprint density at radius 3 is 2.61 bits per heavy atom. The number of carboxylic acid groups (broad SMARTS) is 1. The largest absolute Gasteiger partial charge is 0.492 e. The Bertz CT molecular complexity index is 762. The van der Waals surface area contributed by atoms with Gasteiger partial charge in [0.05, 0.1) is 6.54 Å². The predicted molar refractivity (Wildman–Crippen MR) is 88.4 cm³/mol. The first-order valence-electron chi connectivity index (χ1n) is 7.56. The SMILES string of the molecule is Cc1cccc(OCCn2c(C(C)C)ccc(C(=O)O)c2=O)c1. The molecule has 0 atom stereocenters. The number of carbonyl (C=O) groups is 1. The minimum Gasteiger partial charge on any atom is -0.492 e. The third-order valence-electron chi connectivity index (χ3n) is 3.60. The zero-order valence-corrected chi connectivity index (χ0v) is 13.6. The molecule has 5 heteroatoms. The van der Waals surface area contributed by atoms with Crippen molar-refractivity contribution in [1.29, 1.82) is 0 Å². The topological polar surface area (TPSA) is 68.5 Å². The first-order chi connectivity index (χ1) is 10.9. The highest BCUT2D eigenvalue weighted by Gasteiger charge is 2.15. The van der Waals surface area contributed by atoms with Gasteiger partial charge in [-0.1, -0.05) is 26.0 Å². The highest BCUT2D eigenvalue weighted by atomic mass is 16.5. The van der Waals surface area contributed by atoms with Crippen LogP contribution in [0.3, 0.4) is 0 Å². The Hall–Kier alpha value is -2.56. The lowest BCUT2D eigenvalue weighted by Gasteiger charge is -2.16. The molecular formula is C18H21NO4. The lowest BCUT2D eigenvalue weighted by molar-refractivity contribution is 0.0694. The fourth-order valence-electron chi connectivity index (χ4n) is 2.45. The maximum absolute atomic E-state index is 12.4. The summed E-state index contributed by atoms with van der Waals surface area (Å²) in [5.74, 6) is -0.360. The fourth-order valence-corrected chi connectivity index (χ4v) is 2.45. The number of hydrogen-bond acceptors (Lipinski definition) is 3. The molecule has 1 aromatic heterocycles. The molecule has 1 heterocycles. The number of carboxylic acids is 1. The van der Waals surface area contributed by atoms with Gasteiger partial charge in [0.1, 0.15) is 17.9 Å². The van der Waals surface area contributed by atoms with Crippen molar-refractivity contribution >= 4 is 5.97 Å². The second-order valence-electron chi connectivity index (χ2n) is 5.75. The van der Waals surface area contributed by atoms with E-state index in [1.54, 1.807) is 6.07 Å². The molecule has 1 aromatic carbocycles. The molecule has 0 radical (unpaired) electrons. The Balaban J connectivity index is 2.22. The molecule has 2 aromatic rings. The zero-order valence-electron chi connectivity index (χ0n) is 13.6. The van der Waals surface area contributed by atoms with E-state index in [9.17, 15) is 9.59 Å². The van der Waals surface area contributed by atoms with Gasteiger partial charge in [0.25, 0.3) is 5.56 Å². The van der Waals surface area contributed by atoms with E-state index in [4.69, 9.17) is 9.84 Å². The summed E-state index contributed by atoms with van der Waals surface area (Å²) >= 11 is 0. The normalized spacial score (nSPS) is 10.8. The monoisotopic (exact) mass is 315 g/mol. The van der Waals surface area contributed by atoms with E-state index in [0.29, 0.717) is 13.2 Å². The van der Waals surface area contributed by atoms with Crippen molar-refractivity contribution in [1.82, 2.24) is 4.57 Å². The summed E-state index contributed by atoms with van der Waals surface area (Å²) in [6.45, 7) is 6.51. The third-order valence-corrected chi connectivity index (χ3v) is 3.60. The summed E-state index contributed by atoms with van der Waals surface area (Å²) in [6.07, 6.45) is 0. The van der Waals surface area contributed by atoms with Crippen LogP contribution in [0.25, 0.3) is 0 Å². The van der Waals surface area contributed by atoms with Crippen molar-refractivity contribution in [2.45, 2.75) is 33.2 Å². The molecule has 23 heavy (non-hydrogen) atoms. The van der Waals surface area contributed by atoms with Crippen molar-refractivity contribution in [3.8, 4) is 5.75 Å². The van der Waals surface area contributed by atoms with Gasteiger partial charge >= 0.3 is 5.97 Å². The van der Waals surface area contributed by atoms with Crippen LogP contribution in [0.1, 0.15) is 41.4 Å². The molecule has 0 aliphatic heterocycles. The summed E-state index contributed by atoms with van der Waals surface area (Å²) in [7, 11) is 0. The molecule has 0 spiro atoms. The van der Waals surface area contributed by atoms with E-state index >= 15 is 0 Å². The Labute approximate surface area is 135 Å². The van der Waals surface area contributed by atoms with E-state index in [-0.39, 0.29) is 11.5 Å². The van der Waals surface area contributed by atoms with Crippen LogP contribution in [0.15, 0.2) is 41.2 Å². The highest BCUT2D eigenvalue weighted by molar-refractivity contribution is 5.87. The molecule has 5 nitrogen and oxygen atoms in total. The van der Waals surface area contributed by atoms with Crippen LogP contribution in [-0.4, -0.2) is 22.2 Å². The number of ether oxygens (including phenoxy) is 1. The Morgan fingerprint density at radius 2 is 2.00 bits per heavy atom. The summed E-state index contributed by atoms with van der Waals surface area (Å²) in [6, 6.07) is 10.7. The fraction of sp³-hybridized carbons (Fsp3) is 0.333. The number of aromatic nitrogens is 1. The van der Waals surface area contributed by atoms with Crippen molar-refractivity contribution in [3.05, 3.63) is 63.6 Å². The van der Waals surface area contributed by atoms with Crippen molar-refractivity contribution in [3.63, 3.8) is 0 Å². The first kappa shape index (κ1) is 16.8. The van der Waals surface area contributed by atoms with E-state index < -0.39 is 11.5 Å². The van der Waals surface area contributed by atoms with Gasteiger partial charge in [-0.2, -0.15) is 0 Å². The molecule has 122 valence electrons. The average molecular weight is 315 g/mol. The molecule has 0 amide bonds. The van der Waals surface area contributed by atoms with Crippen LogP contribution < -0.4 is 10.3 Å². The molecular weight excluding hydrogens is 294 g/mol. The van der Waals surface area contributed by atoms with Crippen molar-refractivity contribution in [2.75, 3.05) is 6.61 Å². The highest BCUT2D eigenvalue weighted by Crippen LogP contribution is 2.15. The number of pyridine rings is 1.